The summed E-state index contributed by atoms with van der Waals surface area (Å²) in [5.74, 6) is -0.312. The van der Waals surface area contributed by atoms with Gasteiger partial charge in [0, 0.05) is 25.1 Å². The van der Waals surface area contributed by atoms with Gasteiger partial charge in [0.15, 0.2) is 0 Å². The van der Waals surface area contributed by atoms with Gasteiger partial charge < -0.3 is 4.90 Å². The predicted octanol–water partition coefficient (Wildman–Crippen LogP) is 3.24. The Morgan fingerprint density at radius 2 is 1.66 bits per heavy atom. The summed E-state index contributed by atoms with van der Waals surface area (Å²) in [7, 11) is -2.41. The van der Waals surface area contributed by atoms with Crippen molar-refractivity contribution in [2.45, 2.75) is 18.4 Å². The number of aryl methyl sites for hydroxylation is 1. The van der Waals surface area contributed by atoms with E-state index in [2.05, 4.69) is 4.98 Å². The van der Waals surface area contributed by atoms with Gasteiger partial charge in [-0.3, -0.25) is 9.78 Å². The molecule has 2 aromatic carbocycles. The maximum Gasteiger partial charge on any atom is 0.244 e. The molecule has 0 unspecified atom stereocenters. The van der Waals surface area contributed by atoms with Crippen molar-refractivity contribution >= 4 is 21.6 Å². The van der Waals surface area contributed by atoms with Crippen molar-refractivity contribution in [3.63, 3.8) is 0 Å². The Morgan fingerprint density at radius 1 is 0.966 bits per heavy atom. The van der Waals surface area contributed by atoms with Gasteiger partial charge in [-0.2, -0.15) is 4.31 Å². The van der Waals surface area contributed by atoms with E-state index < -0.39 is 10.0 Å². The van der Waals surface area contributed by atoms with Crippen LogP contribution in [0.1, 0.15) is 11.1 Å². The van der Waals surface area contributed by atoms with Crippen LogP contribution in [0.4, 0.5) is 5.69 Å². The molecule has 0 bridgehead atoms. The number of carbonyl (C=O) groups excluding carboxylic acids is 1. The quantitative estimate of drug-likeness (QED) is 0.601. The summed E-state index contributed by atoms with van der Waals surface area (Å²) in [6, 6.07) is 20.2. The molecule has 1 amide bonds. The van der Waals surface area contributed by atoms with Crippen LogP contribution in [0, 0.1) is 6.92 Å². The first-order valence-electron chi connectivity index (χ1n) is 9.15. The monoisotopic (exact) mass is 409 g/mol. The summed E-state index contributed by atoms with van der Waals surface area (Å²) in [5.41, 5.74) is 2.76. The molecule has 0 radical (unpaired) electrons. The van der Waals surface area contributed by atoms with Crippen LogP contribution in [-0.4, -0.2) is 37.2 Å². The first-order chi connectivity index (χ1) is 13.9. The number of amides is 1. The lowest BCUT2D eigenvalue weighted by molar-refractivity contribution is -0.118. The normalized spacial score (nSPS) is 11.4. The second kappa shape index (κ2) is 8.98. The van der Waals surface area contributed by atoms with E-state index >= 15 is 0 Å². The fourth-order valence-corrected chi connectivity index (χ4v) is 3.94. The Bertz CT molecular complexity index is 1050. The van der Waals surface area contributed by atoms with E-state index in [0.29, 0.717) is 6.54 Å². The number of likely N-dealkylation sites (N-methyl/N-ethyl adjacent to an activating group) is 1. The van der Waals surface area contributed by atoms with Crippen LogP contribution in [-0.2, 0) is 21.4 Å². The molecular weight excluding hydrogens is 386 g/mol. The number of nitrogens with zero attached hydrogens (tertiary/aromatic N) is 3. The number of pyridine rings is 1. The molecule has 29 heavy (non-hydrogen) atoms. The molecule has 1 heterocycles. The average Bonchev–Trinajstić information content (AvgIpc) is 2.74. The number of anilines is 1. The second-order valence-electron chi connectivity index (χ2n) is 6.75. The van der Waals surface area contributed by atoms with E-state index in [4.69, 9.17) is 0 Å². The lowest BCUT2D eigenvalue weighted by Crippen LogP contribution is -2.41. The topological polar surface area (TPSA) is 70.6 Å². The van der Waals surface area contributed by atoms with Crippen molar-refractivity contribution in [3.05, 3.63) is 90.3 Å². The van der Waals surface area contributed by atoms with Gasteiger partial charge in [0.2, 0.25) is 15.9 Å². The highest BCUT2D eigenvalue weighted by Gasteiger charge is 2.26. The van der Waals surface area contributed by atoms with Gasteiger partial charge in [-0.25, -0.2) is 8.42 Å². The first kappa shape index (κ1) is 20.7. The minimum atomic E-state index is -3.81. The summed E-state index contributed by atoms with van der Waals surface area (Å²) in [4.78, 5) is 18.6. The van der Waals surface area contributed by atoms with Crippen LogP contribution in [0.15, 0.2) is 84.0 Å². The van der Waals surface area contributed by atoms with Crippen molar-refractivity contribution in [2.75, 3.05) is 18.5 Å². The summed E-state index contributed by atoms with van der Waals surface area (Å²) >= 11 is 0. The highest BCUT2D eigenvalue weighted by Crippen LogP contribution is 2.20. The number of aromatic nitrogens is 1. The molecule has 0 aliphatic carbocycles. The zero-order chi connectivity index (χ0) is 20.9. The molecule has 7 heteroatoms. The van der Waals surface area contributed by atoms with Crippen molar-refractivity contribution < 1.29 is 13.2 Å². The van der Waals surface area contributed by atoms with E-state index in [-0.39, 0.29) is 17.3 Å². The molecule has 0 N–H and O–H groups in total. The molecule has 150 valence electrons. The molecule has 0 aliphatic heterocycles. The Labute approximate surface area is 171 Å². The average molecular weight is 410 g/mol. The van der Waals surface area contributed by atoms with Crippen molar-refractivity contribution in [1.29, 1.82) is 0 Å². The van der Waals surface area contributed by atoms with Gasteiger partial charge in [0.1, 0.15) is 4.90 Å². The number of hydrogen-bond acceptors (Lipinski definition) is 4. The molecule has 0 saturated carbocycles. The highest BCUT2D eigenvalue weighted by atomic mass is 32.2. The molecule has 3 rings (SSSR count). The maximum atomic E-state index is 13.1. The third kappa shape index (κ3) is 5.07. The zero-order valence-corrected chi connectivity index (χ0v) is 17.2. The molecular formula is C22H23N3O3S. The first-order valence-corrected chi connectivity index (χ1v) is 10.6. The van der Waals surface area contributed by atoms with E-state index in [1.807, 2.05) is 61.5 Å². The molecule has 0 fully saturated rings. The lowest BCUT2D eigenvalue weighted by atomic mass is 10.1. The maximum absolute atomic E-state index is 13.1. The SMILES string of the molecule is Cc1ccc(N(Cc2ccccc2)C(=O)CN(C)S(=O)(=O)c2cccnc2)cc1. The molecule has 0 saturated heterocycles. The predicted molar refractivity (Wildman–Crippen MR) is 113 cm³/mol. The van der Waals surface area contributed by atoms with Crippen LogP contribution in [0.2, 0.25) is 0 Å². The molecule has 0 spiro atoms. The summed E-state index contributed by atoms with van der Waals surface area (Å²) < 4.78 is 26.5. The van der Waals surface area contributed by atoms with Gasteiger partial charge in [-0.15, -0.1) is 0 Å². The number of benzene rings is 2. The largest absolute Gasteiger partial charge is 0.307 e. The fourth-order valence-electron chi connectivity index (χ4n) is 2.85. The molecule has 1 aromatic heterocycles. The van der Waals surface area contributed by atoms with Crippen molar-refractivity contribution in [3.8, 4) is 0 Å². The van der Waals surface area contributed by atoms with Gasteiger partial charge >= 0.3 is 0 Å². The Morgan fingerprint density at radius 3 is 2.28 bits per heavy atom. The smallest absolute Gasteiger partial charge is 0.244 e. The van der Waals surface area contributed by atoms with E-state index in [0.717, 1.165) is 21.1 Å². The number of sulfonamides is 1. The third-order valence-electron chi connectivity index (χ3n) is 4.53. The van der Waals surface area contributed by atoms with Crippen LogP contribution >= 0.6 is 0 Å². The summed E-state index contributed by atoms with van der Waals surface area (Å²) in [5, 5.41) is 0. The second-order valence-corrected chi connectivity index (χ2v) is 8.80. The summed E-state index contributed by atoms with van der Waals surface area (Å²) in [6.07, 6.45) is 2.78. The van der Waals surface area contributed by atoms with Crippen molar-refractivity contribution in [1.82, 2.24) is 9.29 Å². The standard InChI is InChI=1S/C22H23N3O3S/c1-18-10-12-20(13-11-18)25(16-19-7-4-3-5-8-19)22(26)17-24(2)29(27,28)21-9-6-14-23-15-21/h3-15H,16-17H2,1-2H3. The van der Waals surface area contributed by atoms with Crippen LogP contribution in [0.3, 0.4) is 0 Å². The molecule has 6 nitrogen and oxygen atoms in total. The molecule has 0 aliphatic rings. The van der Waals surface area contributed by atoms with Gasteiger partial charge in [-0.1, -0.05) is 48.0 Å². The van der Waals surface area contributed by atoms with Gasteiger partial charge in [-0.05, 0) is 36.8 Å². The highest BCUT2D eigenvalue weighted by molar-refractivity contribution is 7.89. The van der Waals surface area contributed by atoms with E-state index in [1.54, 1.807) is 11.0 Å². The number of carbonyl (C=O) groups is 1. The Hall–Kier alpha value is -3.03. The Balaban J connectivity index is 1.85. The number of rotatable bonds is 7. The van der Waals surface area contributed by atoms with Crippen LogP contribution in [0.25, 0.3) is 0 Å². The van der Waals surface area contributed by atoms with Crippen molar-refractivity contribution in [2.24, 2.45) is 0 Å². The van der Waals surface area contributed by atoms with Crippen LogP contribution in [0.5, 0.6) is 0 Å². The fraction of sp³-hybridized carbons (Fsp3) is 0.182. The van der Waals surface area contributed by atoms with E-state index in [9.17, 15) is 13.2 Å². The van der Waals surface area contributed by atoms with Gasteiger partial charge in [0.05, 0.1) is 13.1 Å². The van der Waals surface area contributed by atoms with Crippen LogP contribution < -0.4 is 4.90 Å². The molecule has 3 aromatic rings. The Kier molecular flexibility index (Phi) is 6.41. The minimum absolute atomic E-state index is 0.0558. The molecule has 0 atom stereocenters. The summed E-state index contributed by atoms with van der Waals surface area (Å²) in [6.45, 7) is 2.04. The minimum Gasteiger partial charge on any atom is -0.307 e. The zero-order valence-electron chi connectivity index (χ0n) is 16.4. The van der Waals surface area contributed by atoms with E-state index in [1.165, 1.54) is 25.5 Å². The van der Waals surface area contributed by atoms with Gasteiger partial charge in [0.25, 0.3) is 0 Å². The third-order valence-corrected chi connectivity index (χ3v) is 6.32. The number of hydrogen-bond donors (Lipinski definition) is 0. The lowest BCUT2D eigenvalue weighted by Gasteiger charge is -2.26.